The van der Waals surface area contributed by atoms with Gasteiger partial charge in [-0.2, -0.15) is 9.94 Å². The van der Waals surface area contributed by atoms with E-state index in [0.29, 0.717) is 39.4 Å². The summed E-state index contributed by atoms with van der Waals surface area (Å²) in [6.07, 6.45) is 1.52. The number of methoxy groups -OCH3 is 1. The number of amides is 1. The summed E-state index contributed by atoms with van der Waals surface area (Å²) >= 11 is 0. The Labute approximate surface area is 196 Å². The molecule has 0 aliphatic carbocycles. The molecule has 170 valence electrons. The number of para-hydroxylation sites is 1. The first-order valence-corrected chi connectivity index (χ1v) is 10.6. The molecule has 1 N–H and O–H groups in total. The highest BCUT2D eigenvalue weighted by Crippen LogP contribution is 2.21. The van der Waals surface area contributed by atoms with E-state index < -0.39 is 5.91 Å². The minimum absolute atomic E-state index is 0.0585. The Kier molecular flexibility index (Phi) is 6.02. The van der Waals surface area contributed by atoms with Crippen molar-refractivity contribution >= 4 is 28.6 Å². The van der Waals surface area contributed by atoms with Crippen LogP contribution in [0.5, 0.6) is 5.75 Å². The number of aryl methyl sites for hydroxylation is 2. The number of nitrogens with one attached hydrogen (secondary N) is 1. The maximum absolute atomic E-state index is 13.3. The summed E-state index contributed by atoms with van der Waals surface area (Å²) in [4.78, 5) is 30.6. The zero-order chi connectivity index (χ0) is 24.4. The lowest BCUT2D eigenvalue weighted by atomic mass is 10.1. The number of aromatic nitrogens is 3. The Morgan fingerprint density at radius 3 is 2.47 bits per heavy atom. The van der Waals surface area contributed by atoms with Crippen LogP contribution in [-0.2, 0) is 4.79 Å². The second kappa shape index (κ2) is 9.08. The SMILES string of the molecule is COc1ccc(NC(=O)C(C#N)=Cc2cc(C)n(-n3c(C)nc4ccccc4c3=O)c2C)cc1. The fourth-order valence-electron chi connectivity index (χ4n) is 3.88. The predicted molar refractivity (Wildman–Crippen MR) is 131 cm³/mol. The lowest BCUT2D eigenvalue weighted by Crippen LogP contribution is -2.30. The smallest absolute Gasteiger partial charge is 0.280 e. The highest BCUT2D eigenvalue weighted by atomic mass is 16.5. The zero-order valence-electron chi connectivity index (χ0n) is 19.3. The van der Waals surface area contributed by atoms with E-state index in [1.807, 2.05) is 32.0 Å². The van der Waals surface area contributed by atoms with Crippen molar-refractivity contribution < 1.29 is 9.53 Å². The van der Waals surface area contributed by atoms with Crippen LogP contribution >= 0.6 is 0 Å². The van der Waals surface area contributed by atoms with Crippen molar-refractivity contribution in [2.24, 2.45) is 0 Å². The van der Waals surface area contributed by atoms with Gasteiger partial charge >= 0.3 is 0 Å². The van der Waals surface area contributed by atoms with E-state index in [0.717, 1.165) is 5.69 Å². The largest absolute Gasteiger partial charge is 0.497 e. The van der Waals surface area contributed by atoms with Crippen LogP contribution in [0.3, 0.4) is 0 Å². The average molecular weight is 454 g/mol. The van der Waals surface area contributed by atoms with Crippen molar-refractivity contribution in [3.63, 3.8) is 0 Å². The van der Waals surface area contributed by atoms with E-state index in [1.165, 1.54) is 10.8 Å². The number of carbonyl (C=O) groups is 1. The predicted octanol–water partition coefficient (Wildman–Crippen LogP) is 3.99. The second-order valence-electron chi connectivity index (χ2n) is 7.78. The molecule has 0 radical (unpaired) electrons. The number of ether oxygens (including phenoxy) is 1. The van der Waals surface area contributed by atoms with E-state index in [4.69, 9.17) is 4.74 Å². The van der Waals surface area contributed by atoms with Crippen LogP contribution in [0.25, 0.3) is 17.0 Å². The van der Waals surface area contributed by atoms with E-state index in [9.17, 15) is 14.9 Å². The van der Waals surface area contributed by atoms with Gasteiger partial charge in [-0.25, -0.2) is 4.98 Å². The topological polar surface area (TPSA) is 102 Å². The first-order chi connectivity index (χ1) is 16.3. The quantitative estimate of drug-likeness (QED) is 0.364. The minimum atomic E-state index is -0.529. The molecule has 2 aromatic heterocycles. The minimum Gasteiger partial charge on any atom is -0.497 e. The fraction of sp³-hybridized carbons (Fsp3) is 0.154. The maximum Gasteiger partial charge on any atom is 0.280 e. The molecule has 0 bridgehead atoms. The van der Waals surface area contributed by atoms with Gasteiger partial charge in [0.25, 0.3) is 11.5 Å². The molecule has 0 aliphatic rings. The number of fused-ring (bicyclic) bond motifs is 1. The lowest BCUT2D eigenvalue weighted by molar-refractivity contribution is -0.112. The molecule has 4 rings (SSSR count). The first-order valence-electron chi connectivity index (χ1n) is 10.6. The molecule has 0 spiro atoms. The van der Waals surface area contributed by atoms with Crippen molar-refractivity contribution in [1.82, 2.24) is 14.3 Å². The molecule has 0 unspecified atom stereocenters. The highest BCUT2D eigenvalue weighted by Gasteiger charge is 2.17. The zero-order valence-corrected chi connectivity index (χ0v) is 19.3. The van der Waals surface area contributed by atoms with E-state index in [1.54, 1.807) is 61.2 Å². The molecule has 2 aromatic carbocycles. The van der Waals surface area contributed by atoms with E-state index in [-0.39, 0.29) is 11.1 Å². The number of nitriles is 1. The molecule has 0 aliphatic heterocycles. The van der Waals surface area contributed by atoms with Gasteiger partial charge in [-0.05, 0) is 74.9 Å². The number of rotatable bonds is 5. The van der Waals surface area contributed by atoms with Crippen LogP contribution in [-0.4, -0.2) is 27.4 Å². The van der Waals surface area contributed by atoms with Gasteiger partial charge in [0, 0.05) is 17.1 Å². The Morgan fingerprint density at radius 2 is 1.79 bits per heavy atom. The Hall–Kier alpha value is -4.64. The molecule has 8 nitrogen and oxygen atoms in total. The van der Waals surface area contributed by atoms with Crippen molar-refractivity contribution in [3.05, 3.63) is 93.3 Å². The number of anilines is 1. The first kappa shape index (κ1) is 22.6. The molecule has 8 heteroatoms. The number of carbonyl (C=O) groups excluding carboxylic acids is 1. The van der Waals surface area contributed by atoms with Gasteiger partial charge in [-0.15, -0.1) is 0 Å². The third kappa shape index (κ3) is 4.07. The molecule has 2 heterocycles. The molecule has 34 heavy (non-hydrogen) atoms. The van der Waals surface area contributed by atoms with Gasteiger partial charge in [0.2, 0.25) is 0 Å². The van der Waals surface area contributed by atoms with Gasteiger partial charge in [0.15, 0.2) is 0 Å². The van der Waals surface area contributed by atoms with Crippen LogP contribution in [0.1, 0.15) is 22.8 Å². The fourth-order valence-corrected chi connectivity index (χ4v) is 3.88. The summed E-state index contributed by atoms with van der Waals surface area (Å²) in [5, 5.41) is 12.9. The monoisotopic (exact) mass is 453 g/mol. The maximum atomic E-state index is 13.3. The van der Waals surface area contributed by atoms with Crippen LogP contribution < -0.4 is 15.6 Å². The Balaban J connectivity index is 1.73. The van der Waals surface area contributed by atoms with Crippen LogP contribution in [0.4, 0.5) is 5.69 Å². The summed E-state index contributed by atoms with van der Waals surface area (Å²) in [6.45, 7) is 5.45. The molecular formula is C26H23N5O3. The summed E-state index contributed by atoms with van der Waals surface area (Å²) in [5.41, 5.74) is 3.03. The van der Waals surface area contributed by atoms with Crippen LogP contribution in [0.2, 0.25) is 0 Å². The molecule has 0 atom stereocenters. The molecule has 0 fully saturated rings. The van der Waals surface area contributed by atoms with Crippen molar-refractivity contribution in [3.8, 4) is 11.8 Å². The standard InChI is InChI=1S/C26H23N5O3/c1-16-13-19(14-20(15-27)25(32)29-21-9-11-22(34-4)12-10-21)17(2)30(16)31-18(3)28-24-8-6-5-7-23(24)26(31)33/h5-14H,1-4H3,(H,29,32). The summed E-state index contributed by atoms with van der Waals surface area (Å²) < 4.78 is 8.38. The molecular weight excluding hydrogens is 430 g/mol. The number of hydrogen-bond acceptors (Lipinski definition) is 5. The van der Waals surface area contributed by atoms with Gasteiger partial charge in [-0.1, -0.05) is 12.1 Å². The van der Waals surface area contributed by atoms with Crippen molar-refractivity contribution in [1.29, 1.82) is 5.26 Å². The average Bonchev–Trinajstić information content (AvgIpc) is 3.10. The number of hydrogen-bond donors (Lipinski definition) is 1. The lowest BCUT2D eigenvalue weighted by Gasteiger charge is -2.16. The van der Waals surface area contributed by atoms with Crippen molar-refractivity contribution in [2.75, 3.05) is 12.4 Å². The number of nitrogens with zero attached hydrogens (tertiary/aromatic N) is 4. The van der Waals surface area contributed by atoms with Gasteiger partial charge in [-0.3, -0.25) is 14.3 Å². The Morgan fingerprint density at radius 1 is 1.09 bits per heavy atom. The molecule has 0 saturated carbocycles. The highest BCUT2D eigenvalue weighted by molar-refractivity contribution is 6.09. The third-order valence-electron chi connectivity index (χ3n) is 5.56. The van der Waals surface area contributed by atoms with E-state index in [2.05, 4.69) is 10.3 Å². The third-order valence-corrected chi connectivity index (χ3v) is 5.56. The van der Waals surface area contributed by atoms with Crippen LogP contribution in [0.15, 0.2) is 65.0 Å². The van der Waals surface area contributed by atoms with Crippen molar-refractivity contribution in [2.45, 2.75) is 20.8 Å². The molecule has 1 amide bonds. The molecule has 0 saturated heterocycles. The summed E-state index contributed by atoms with van der Waals surface area (Å²) in [5.74, 6) is 0.659. The van der Waals surface area contributed by atoms with Gasteiger partial charge in [0.05, 0.1) is 18.0 Å². The summed E-state index contributed by atoms with van der Waals surface area (Å²) in [6, 6.07) is 17.8. The Bertz CT molecular complexity index is 1540. The number of benzene rings is 2. The van der Waals surface area contributed by atoms with Gasteiger partial charge in [0.1, 0.15) is 23.2 Å². The molecule has 4 aromatic rings. The second-order valence-corrected chi connectivity index (χ2v) is 7.78. The van der Waals surface area contributed by atoms with Gasteiger partial charge < -0.3 is 10.1 Å². The summed E-state index contributed by atoms with van der Waals surface area (Å²) in [7, 11) is 1.56. The van der Waals surface area contributed by atoms with Crippen LogP contribution in [0, 0.1) is 32.1 Å². The normalized spacial score (nSPS) is 11.3. The van der Waals surface area contributed by atoms with E-state index >= 15 is 0 Å².